The van der Waals surface area contributed by atoms with Gasteiger partial charge in [-0.25, -0.2) is 0 Å². The van der Waals surface area contributed by atoms with Crippen molar-refractivity contribution in [2.75, 3.05) is 6.54 Å². The van der Waals surface area contributed by atoms with Crippen LogP contribution in [0.2, 0.25) is 0 Å². The maximum atomic E-state index is 11.9. The molecule has 126 valence electrons. The average Bonchev–Trinajstić information content (AvgIpc) is 2.56. The van der Waals surface area contributed by atoms with Crippen LogP contribution in [0.3, 0.4) is 0 Å². The number of hydrogen-bond acceptors (Lipinski definition) is 4. The summed E-state index contributed by atoms with van der Waals surface area (Å²) >= 11 is 0. The molecule has 0 saturated carbocycles. The first-order valence-electron chi connectivity index (χ1n) is 7.67. The van der Waals surface area contributed by atoms with Gasteiger partial charge in [0.1, 0.15) is 0 Å². The van der Waals surface area contributed by atoms with Crippen LogP contribution in [-0.2, 0) is 6.54 Å². The summed E-state index contributed by atoms with van der Waals surface area (Å²) in [6, 6.07) is 9.69. The van der Waals surface area contributed by atoms with Crippen molar-refractivity contribution in [2.24, 2.45) is 0 Å². The zero-order valence-electron chi connectivity index (χ0n) is 13.4. The number of nitro groups is 1. The highest BCUT2D eigenvalue weighted by atomic mass is 16.6. The van der Waals surface area contributed by atoms with Crippen LogP contribution in [0.15, 0.2) is 47.4 Å². The van der Waals surface area contributed by atoms with Gasteiger partial charge in [-0.05, 0) is 31.9 Å². The fraction of sp³-hybridized carbons (Fsp3) is 0.294. The van der Waals surface area contributed by atoms with Crippen LogP contribution >= 0.6 is 0 Å². The number of carbonyl (C=O) groups is 1. The molecule has 1 N–H and O–H groups in total. The van der Waals surface area contributed by atoms with E-state index in [0.717, 1.165) is 5.56 Å². The third-order valence-corrected chi connectivity index (χ3v) is 3.60. The number of hydrogen-bond donors (Lipinski definition) is 1. The van der Waals surface area contributed by atoms with Crippen molar-refractivity contribution in [3.63, 3.8) is 0 Å². The summed E-state index contributed by atoms with van der Waals surface area (Å²) in [6.45, 7) is 2.81. The first kappa shape index (κ1) is 17.4. The fourth-order valence-electron chi connectivity index (χ4n) is 2.22. The maximum Gasteiger partial charge on any atom is 0.285 e. The summed E-state index contributed by atoms with van der Waals surface area (Å²) in [5.41, 5.74) is 1.32. The van der Waals surface area contributed by atoms with Gasteiger partial charge in [0, 0.05) is 30.8 Å². The minimum absolute atomic E-state index is 0.109. The number of carbonyl (C=O) groups excluding carboxylic acids is 1. The number of pyridine rings is 1. The smallest absolute Gasteiger partial charge is 0.285 e. The SMILES string of the molecule is Cc1ccc(C(=O)NCCCCn2cc([N+](=O)[O-])ccc2=O)cc1. The van der Waals surface area contributed by atoms with Crippen LogP contribution in [0.1, 0.15) is 28.8 Å². The number of benzene rings is 1. The molecule has 0 unspecified atom stereocenters. The largest absolute Gasteiger partial charge is 0.352 e. The molecule has 0 radical (unpaired) electrons. The molecule has 0 aliphatic carbocycles. The Balaban J connectivity index is 1.78. The summed E-state index contributed by atoms with van der Waals surface area (Å²) in [6.07, 6.45) is 2.55. The lowest BCUT2D eigenvalue weighted by atomic mass is 10.1. The van der Waals surface area contributed by atoms with Gasteiger partial charge in [-0.1, -0.05) is 17.7 Å². The van der Waals surface area contributed by atoms with E-state index < -0.39 is 4.92 Å². The number of aromatic nitrogens is 1. The Labute approximate surface area is 139 Å². The minimum Gasteiger partial charge on any atom is -0.352 e. The van der Waals surface area contributed by atoms with Crippen LogP contribution in [0.4, 0.5) is 5.69 Å². The van der Waals surface area contributed by atoms with Crippen LogP contribution in [0.25, 0.3) is 0 Å². The number of unbranched alkanes of at least 4 members (excludes halogenated alkanes) is 1. The summed E-state index contributed by atoms with van der Waals surface area (Å²) in [7, 11) is 0. The molecule has 1 aromatic carbocycles. The zero-order valence-corrected chi connectivity index (χ0v) is 13.4. The molecule has 24 heavy (non-hydrogen) atoms. The molecule has 2 aromatic rings. The highest BCUT2D eigenvalue weighted by Crippen LogP contribution is 2.07. The monoisotopic (exact) mass is 329 g/mol. The lowest BCUT2D eigenvalue weighted by molar-refractivity contribution is -0.385. The molecule has 0 aliphatic heterocycles. The van der Waals surface area contributed by atoms with E-state index >= 15 is 0 Å². The van der Waals surface area contributed by atoms with E-state index in [1.807, 2.05) is 19.1 Å². The third kappa shape index (κ3) is 4.77. The summed E-state index contributed by atoms with van der Waals surface area (Å²) < 4.78 is 1.32. The molecule has 0 fully saturated rings. The molecule has 0 bridgehead atoms. The summed E-state index contributed by atoms with van der Waals surface area (Å²) in [5.74, 6) is -0.137. The number of nitrogens with one attached hydrogen (secondary N) is 1. The van der Waals surface area contributed by atoms with Crippen LogP contribution < -0.4 is 10.9 Å². The lowest BCUT2D eigenvalue weighted by Crippen LogP contribution is -2.25. The van der Waals surface area contributed by atoms with Gasteiger partial charge < -0.3 is 9.88 Å². The van der Waals surface area contributed by atoms with Crippen molar-refractivity contribution in [1.82, 2.24) is 9.88 Å². The number of rotatable bonds is 7. The first-order chi connectivity index (χ1) is 11.5. The molecule has 1 aromatic heterocycles. The van der Waals surface area contributed by atoms with Crippen molar-refractivity contribution >= 4 is 11.6 Å². The van der Waals surface area contributed by atoms with Gasteiger partial charge in [-0.15, -0.1) is 0 Å². The second kappa shape index (κ2) is 8.05. The maximum absolute atomic E-state index is 11.9. The molecular weight excluding hydrogens is 310 g/mol. The molecule has 1 heterocycles. The molecule has 7 nitrogen and oxygen atoms in total. The van der Waals surface area contributed by atoms with Crippen molar-refractivity contribution in [1.29, 1.82) is 0 Å². The zero-order chi connectivity index (χ0) is 17.5. The topological polar surface area (TPSA) is 94.2 Å². The van der Waals surface area contributed by atoms with E-state index in [-0.39, 0.29) is 17.2 Å². The highest BCUT2D eigenvalue weighted by molar-refractivity contribution is 5.94. The van der Waals surface area contributed by atoms with Gasteiger partial charge in [0.25, 0.3) is 17.2 Å². The second-order valence-electron chi connectivity index (χ2n) is 5.51. The average molecular weight is 329 g/mol. The van der Waals surface area contributed by atoms with Crippen molar-refractivity contribution in [3.05, 3.63) is 74.2 Å². The van der Waals surface area contributed by atoms with E-state index in [4.69, 9.17) is 0 Å². The summed E-state index contributed by atoms with van der Waals surface area (Å²) in [4.78, 5) is 33.8. The van der Waals surface area contributed by atoms with E-state index in [1.54, 1.807) is 12.1 Å². The minimum atomic E-state index is -0.530. The van der Waals surface area contributed by atoms with E-state index in [1.165, 1.54) is 22.9 Å². The molecule has 0 saturated heterocycles. The number of nitrogens with zero attached hydrogens (tertiary/aromatic N) is 2. The molecule has 1 amide bonds. The van der Waals surface area contributed by atoms with Gasteiger partial charge in [0.05, 0.1) is 11.1 Å². The molecular formula is C17H19N3O4. The van der Waals surface area contributed by atoms with E-state index in [0.29, 0.717) is 31.5 Å². The van der Waals surface area contributed by atoms with Crippen LogP contribution in [0.5, 0.6) is 0 Å². The Morgan fingerprint density at radius 2 is 1.88 bits per heavy atom. The lowest BCUT2D eigenvalue weighted by Gasteiger charge is -2.07. The standard InChI is InChI=1S/C17H19N3O4/c1-13-4-6-14(7-5-13)17(22)18-10-2-3-11-19-12-15(20(23)24)8-9-16(19)21/h4-9,12H,2-3,10-11H2,1H3,(H,18,22). The van der Waals surface area contributed by atoms with Gasteiger partial charge in [-0.3, -0.25) is 19.7 Å². The highest BCUT2D eigenvalue weighted by Gasteiger charge is 2.08. The predicted octanol–water partition coefficient (Wildman–Crippen LogP) is 2.28. The molecule has 2 rings (SSSR count). The second-order valence-corrected chi connectivity index (χ2v) is 5.51. The van der Waals surface area contributed by atoms with Gasteiger partial charge >= 0.3 is 0 Å². The Kier molecular flexibility index (Phi) is 5.83. The number of amides is 1. The van der Waals surface area contributed by atoms with Crippen LogP contribution in [-0.4, -0.2) is 21.9 Å². The molecule has 0 aliphatic rings. The van der Waals surface area contributed by atoms with Gasteiger partial charge in [0.15, 0.2) is 0 Å². The third-order valence-electron chi connectivity index (χ3n) is 3.60. The molecule has 0 spiro atoms. The Morgan fingerprint density at radius 1 is 1.17 bits per heavy atom. The molecule has 7 heteroatoms. The summed E-state index contributed by atoms with van der Waals surface area (Å²) in [5, 5.41) is 13.5. The van der Waals surface area contributed by atoms with E-state index in [9.17, 15) is 19.7 Å². The fourth-order valence-corrected chi connectivity index (χ4v) is 2.22. The molecule has 0 atom stereocenters. The van der Waals surface area contributed by atoms with E-state index in [2.05, 4.69) is 5.32 Å². The van der Waals surface area contributed by atoms with Gasteiger partial charge in [-0.2, -0.15) is 0 Å². The van der Waals surface area contributed by atoms with Crippen molar-refractivity contribution in [3.8, 4) is 0 Å². The number of aryl methyl sites for hydroxylation is 2. The Morgan fingerprint density at radius 3 is 2.54 bits per heavy atom. The Bertz CT molecular complexity index is 781. The predicted molar refractivity (Wildman–Crippen MR) is 90.1 cm³/mol. The van der Waals surface area contributed by atoms with Crippen molar-refractivity contribution in [2.45, 2.75) is 26.3 Å². The van der Waals surface area contributed by atoms with Crippen molar-refractivity contribution < 1.29 is 9.72 Å². The quantitative estimate of drug-likeness (QED) is 0.479. The normalized spacial score (nSPS) is 10.4. The van der Waals surface area contributed by atoms with Gasteiger partial charge in [0.2, 0.25) is 0 Å². The van der Waals surface area contributed by atoms with Crippen LogP contribution in [0, 0.1) is 17.0 Å². The Hall–Kier alpha value is -2.96. The first-order valence-corrected chi connectivity index (χ1v) is 7.67.